The Balaban J connectivity index is 1.35. The lowest BCUT2D eigenvalue weighted by atomic mass is 10.1. The first kappa shape index (κ1) is 20.0. The molecular formula is C25H24N6O. The summed E-state index contributed by atoms with van der Waals surface area (Å²) in [7, 11) is 3.61. The number of fused-ring (bicyclic) bond motifs is 1. The summed E-state index contributed by atoms with van der Waals surface area (Å²) in [5.74, 6) is 0.733. The third-order valence-electron chi connectivity index (χ3n) is 5.47. The molecule has 7 heteroatoms. The molecule has 0 fully saturated rings. The van der Waals surface area contributed by atoms with Crippen LogP contribution >= 0.6 is 0 Å². The van der Waals surface area contributed by atoms with Gasteiger partial charge in [-0.1, -0.05) is 54.6 Å². The van der Waals surface area contributed by atoms with Crippen molar-refractivity contribution in [2.75, 3.05) is 12.4 Å². The SMILES string of the molecule is COC(c1ccccc1)c1nc2nccc(NCc3ccc(-c4cnn(C)c4)cc3)c2[nH]1. The molecule has 0 aliphatic rings. The number of benzene rings is 2. The second-order valence-corrected chi connectivity index (χ2v) is 7.66. The zero-order chi connectivity index (χ0) is 21.9. The van der Waals surface area contributed by atoms with Crippen LogP contribution in [-0.4, -0.2) is 31.8 Å². The molecule has 2 aromatic carbocycles. The van der Waals surface area contributed by atoms with Crippen LogP contribution in [-0.2, 0) is 18.3 Å². The van der Waals surface area contributed by atoms with Gasteiger partial charge in [-0.2, -0.15) is 5.10 Å². The Bertz CT molecular complexity index is 1320. The largest absolute Gasteiger partial charge is 0.379 e. The molecule has 2 N–H and O–H groups in total. The maximum Gasteiger partial charge on any atom is 0.179 e. The summed E-state index contributed by atoms with van der Waals surface area (Å²) in [5.41, 5.74) is 6.96. The molecule has 5 rings (SSSR count). The fraction of sp³-hybridized carbons (Fsp3) is 0.160. The molecule has 160 valence electrons. The third kappa shape index (κ3) is 3.98. The van der Waals surface area contributed by atoms with Crippen molar-refractivity contribution < 1.29 is 4.74 Å². The number of methoxy groups -OCH3 is 1. The minimum atomic E-state index is -0.279. The number of imidazole rings is 1. The van der Waals surface area contributed by atoms with Crippen LogP contribution in [0, 0.1) is 0 Å². The number of aryl methyl sites for hydroxylation is 1. The van der Waals surface area contributed by atoms with Gasteiger partial charge in [0.15, 0.2) is 5.65 Å². The Kier molecular flexibility index (Phi) is 5.39. The Morgan fingerprint density at radius 2 is 1.84 bits per heavy atom. The van der Waals surface area contributed by atoms with Gasteiger partial charge in [0.05, 0.1) is 11.9 Å². The maximum absolute atomic E-state index is 5.72. The molecule has 0 saturated heterocycles. The van der Waals surface area contributed by atoms with Crippen LogP contribution in [0.5, 0.6) is 0 Å². The van der Waals surface area contributed by atoms with Gasteiger partial charge in [-0.05, 0) is 22.8 Å². The molecule has 0 radical (unpaired) electrons. The number of H-pyrrole nitrogens is 1. The molecule has 0 saturated carbocycles. The highest BCUT2D eigenvalue weighted by Gasteiger charge is 2.19. The summed E-state index contributed by atoms with van der Waals surface area (Å²) in [5, 5.41) is 7.75. The van der Waals surface area contributed by atoms with Crippen molar-refractivity contribution in [3.8, 4) is 11.1 Å². The lowest BCUT2D eigenvalue weighted by molar-refractivity contribution is 0.130. The number of anilines is 1. The van der Waals surface area contributed by atoms with Crippen molar-refractivity contribution in [3.05, 3.63) is 96.2 Å². The van der Waals surface area contributed by atoms with E-state index in [4.69, 9.17) is 4.74 Å². The number of aromatic amines is 1. The van der Waals surface area contributed by atoms with E-state index in [-0.39, 0.29) is 6.10 Å². The van der Waals surface area contributed by atoms with Gasteiger partial charge in [-0.3, -0.25) is 4.68 Å². The second-order valence-electron chi connectivity index (χ2n) is 7.66. The predicted molar refractivity (Wildman–Crippen MR) is 125 cm³/mol. The van der Waals surface area contributed by atoms with Crippen molar-refractivity contribution in [1.82, 2.24) is 24.7 Å². The lowest BCUT2D eigenvalue weighted by Gasteiger charge is -2.12. The van der Waals surface area contributed by atoms with Gasteiger partial charge in [0.2, 0.25) is 0 Å². The predicted octanol–water partition coefficient (Wildman–Crippen LogP) is 4.71. The van der Waals surface area contributed by atoms with Crippen molar-refractivity contribution in [3.63, 3.8) is 0 Å². The molecule has 0 aliphatic heterocycles. The van der Waals surface area contributed by atoms with E-state index < -0.39 is 0 Å². The monoisotopic (exact) mass is 424 g/mol. The van der Waals surface area contributed by atoms with Crippen LogP contribution in [0.2, 0.25) is 0 Å². The number of ether oxygens (including phenoxy) is 1. The van der Waals surface area contributed by atoms with Gasteiger partial charge in [0, 0.05) is 38.7 Å². The summed E-state index contributed by atoms with van der Waals surface area (Å²) in [4.78, 5) is 12.5. The summed E-state index contributed by atoms with van der Waals surface area (Å²) in [6.07, 6.45) is 5.38. The highest BCUT2D eigenvalue weighted by Crippen LogP contribution is 2.27. The molecule has 5 aromatic rings. The molecule has 0 bridgehead atoms. The fourth-order valence-electron chi connectivity index (χ4n) is 3.82. The fourth-order valence-corrected chi connectivity index (χ4v) is 3.82. The molecule has 1 unspecified atom stereocenters. The standard InChI is InChI=1S/C25H24N6O/c1-31-16-20(15-28-31)18-10-8-17(9-11-18)14-27-21-12-13-26-24-22(21)29-25(30-24)23(32-2)19-6-4-3-5-7-19/h3-13,15-16,23H,14H2,1-2H3,(H2,26,27,29,30). The first-order chi connectivity index (χ1) is 15.7. The van der Waals surface area contributed by atoms with E-state index in [0.29, 0.717) is 12.2 Å². The van der Waals surface area contributed by atoms with E-state index in [9.17, 15) is 0 Å². The summed E-state index contributed by atoms with van der Waals surface area (Å²) in [6, 6.07) is 20.5. The Labute approximate surface area is 186 Å². The zero-order valence-electron chi connectivity index (χ0n) is 18.0. The normalized spacial score (nSPS) is 12.2. The Morgan fingerprint density at radius 1 is 1.03 bits per heavy atom. The van der Waals surface area contributed by atoms with Gasteiger partial charge in [-0.15, -0.1) is 0 Å². The summed E-state index contributed by atoms with van der Waals surface area (Å²) in [6.45, 7) is 0.688. The molecule has 3 heterocycles. The van der Waals surface area contributed by atoms with Crippen LogP contribution in [0.4, 0.5) is 5.69 Å². The molecule has 32 heavy (non-hydrogen) atoms. The number of hydrogen-bond donors (Lipinski definition) is 2. The minimum absolute atomic E-state index is 0.279. The molecule has 1 atom stereocenters. The maximum atomic E-state index is 5.72. The number of pyridine rings is 1. The van der Waals surface area contributed by atoms with Crippen LogP contribution in [0.3, 0.4) is 0 Å². The van der Waals surface area contributed by atoms with Crippen molar-refractivity contribution in [2.45, 2.75) is 12.6 Å². The van der Waals surface area contributed by atoms with Crippen LogP contribution in [0.15, 0.2) is 79.3 Å². The number of nitrogens with one attached hydrogen (secondary N) is 2. The quantitative estimate of drug-likeness (QED) is 0.396. The van der Waals surface area contributed by atoms with Gasteiger partial charge >= 0.3 is 0 Å². The average molecular weight is 425 g/mol. The average Bonchev–Trinajstić information content (AvgIpc) is 3.46. The first-order valence-electron chi connectivity index (χ1n) is 10.5. The Morgan fingerprint density at radius 3 is 2.56 bits per heavy atom. The lowest BCUT2D eigenvalue weighted by Crippen LogP contribution is -2.05. The highest BCUT2D eigenvalue weighted by atomic mass is 16.5. The summed E-state index contributed by atoms with van der Waals surface area (Å²) < 4.78 is 7.53. The molecular weight excluding hydrogens is 400 g/mol. The molecule has 0 amide bonds. The molecule has 0 aliphatic carbocycles. The highest BCUT2D eigenvalue weighted by molar-refractivity contribution is 5.85. The molecule has 7 nitrogen and oxygen atoms in total. The number of hydrogen-bond acceptors (Lipinski definition) is 5. The van der Waals surface area contributed by atoms with Gasteiger partial charge in [0.1, 0.15) is 17.4 Å². The number of nitrogens with zero attached hydrogens (tertiary/aromatic N) is 4. The van der Waals surface area contributed by atoms with Gasteiger partial charge in [-0.25, -0.2) is 9.97 Å². The minimum Gasteiger partial charge on any atom is -0.379 e. The first-order valence-corrected chi connectivity index (χ1v) is 10.5. The second kappa shape index (κ2) is 8.64. The van der Waals surface area contributed by atoms with E-state index in [1.165, 1.54) is 5.56 Å². The van der Waals surface area contributed by atoms with Gasteiger partial charge < -0.3 is 15.0 Å². The smallest absolute Gasteiger partial charge is 0.179 e. The summed E-state index contributed by atoms with van der Waals surface area (Å²) >= 11 is 0. The van der Waals surface area contributed by atoms with E-state index >= 15 is 0 Å². The number of rotatable bonds is 7. The third-order valence-corrected chi connectivity index (χ3v) is 5.47. The van der Waals surface area contributed by atoms with Crippen molar-refractivity contribution in [2.24, 2.45) is 7.05 Å². The van der Waals surface area contributed by atoms with Crippen LogP contribution in [0.25, 0.3) is 22.3 Å². The molecule has 0 spiro atoms. The Hall–Kier alpha value is -3.97. The van der Waals surface area contributed by atoms with Crippen molar-refractivity contribution in [1.29, 1.82) is 0 Å². The van der Waals surface area contributed by atoms with Crippen LogP contribution in [0.1, 0.15) is 23.1 Å². The van der Waals surface area contributed by atoms with E-state index in [1.807, 2.05) is 60.5 Å². The molecule has 3 aromatic heterocycles. The van der Waals surface area contributed by atoms with E-state index in [2.05, 4.69) is 49.6 Å². The van der Waals surface area contributed by atoms with E-state index in [1.54, 1.807) is 13.3 Å². The van der Waals surface area contributed by atoms with E-state index in [0.717, 1.165) is 33.7 Å². The van der Waals surface area contributed by atoms with Crippen LogP contribution < -0.4 is 5.32 Å². The topological polar surface area (TPSA) is 80.7 Å². The zero-order valence-corrected chi connectivity index (χ0v) is 18.0. The van der Waals surface area contributed by atoms with Crippen molar-refractivity contribution >= 4 is 16.9 Å². The van der Waals surface area contributed by atoms with Gasteiger partial charge in [0.25, 0.3) is 0 Å². The number of aromatic nitrogens is 5.